The number of hydrogen-bond acceptors (Lipinski definition) is 14. The number of aromatic amines is 3. The van der Waals surface area contributed by atoms with Crippen molar-refractivity contribution in [3.8, 4) is 68.9 Å². The minimum atomic E-state index is -5.59. The van der Waals surface area contributed by atoms with Gasteiger partial charge in [-0.1, -0.05) is 103 Å². The average molecular weight is 1480 g/mol. The summed E-state index contributed by atoms with van der Waals surface area (Å²) in [6, 6.07) is 54.1. The van der Waals surface area contributed by atoms with Crippen molar-refractivity contribution in [1.82, 2.24) is 29.9 Å². The van der Waals surface area contributed by atoms with Crippen LogP contribution in [0, 0.1) is 35.5 Å². The van der Waals surface area contributed by atoms with Crippen molar-refractivity contribution in [2.45, 2.75) is 22.8 Å². The van der Waals surface area contributed by atoms with Crippen molar-refractivity contribution in [2.75, 3.05) is 31.4 Å². The van der Waals surface area contributed by atoms with Crippen LogP contribution in [0.2, 0.25) is 0 Å². The summed E-state index contributed by atoms with van der Waals surface area (Å²) in [6.07, 6.45) is 2.12. The van der Waals surface area contributed by atoms with Crippen LogP contribution in [-0.2, 0) is 50.1 Å². The Morgan fingerprint density at radius 3 is 1.25 bits per heavy atom. The van der Waals surface area contributed by atoms with Crippen LogP contribution in [0.3, 0.4) is 0 Å². The van der Waals surface area contributed by atoms with E-state index in [2.05, 4.69) is 74.9 Å². The molecule has 9 aromatic carbocycles. The van der Waals surface area contributed by atoms with E-state index in [1.807, 2.05) is 60.7 Å². The summed E-state index contributed by atoms with van der Waals surface area (Å²) in [6.45, 7) is 1.51. The third kappa shape index (κ3) is 18.7. The molecule has 0 saturated heterocycles. The molecule has 520 valence electrons. The molecule has 0 amide bonds. The van der Waals surface area contributed by atoms with Crippen LogP contribution in [0.5, 0.6) is 0 Å². The van der Waals surface area contributed by atoms with Crippen molar-refractivity contribution in [3.63, 3.8) is 0 Å². The summed E-state index contributed by atoms with van der Waals surface area (Å²) in [5.74, 6) is 18.1. The smallest absolute Gasteiger partial charge is 0.331 e. The Hall–Kier alpha value is -11.8. The highest BCUT2D eigenvalue weighted by molar-refractivity contribution is 7.94. The van der Waals surface area contributed by atoms with Gasteiger partial charge in [-0.15, -0.1) is 0 Å². The lowest BCUT2D eigenvalue weighted by molar-refractivity contribution is -0.0435. The predicted octanol–water partition coefficient (Wildman–Crippen LogP) is 12.0. The Morgan fingerprint density at radius 1 is 0.412 bits per heavy atom. The lowest BCUT2D eigenvalue weighted by Crippen LogP contribution is -2.30. The third-order valence-corrected chi connectivity index (χ3v) is 18.5. The van der Waals surface area contributed by atoms with Crippen molar-refractivity contribution >= 4 is 112 Å². The van der Waals surface area contributed by atoms with Crippen LogP contribution < -0.4 is 24.0 Å². The van der Waals surface area contributed by atoms with Gasteiger partial charge in [0.2, 0.25) is 30.1 Å². The number of alkyl halides is 6. The molecule has 0 aliphatic rings. The van der Waals surface area contributed by atoms with Gasteiger partial charge in [0.25, 0.3) is 0 Å². The van der Waals surface area contributed by atoms with Gasteiger partial charge in [0, 0.05) is 44.9 Å². The van der Waals surface area contributed by atoms with E-state index in [0.29, 0.717) is 78.5 Å². The number of sulfonamides is 5. The number of carbonyl (C=O) groups excluding carboxylic acids is 1. The average Bonchev–Trinajstić information content (AvgIpc) is 1.56. The van der Waals surface area contributed by atoms with Gasteiger partial charge in [-0.3, -0.25) is 23.7 Å². The number of imidazole rings is 3. The maximum absolute atomic E-state index is 12.8. The SMILES string of the molecule is CC(=O)c1ccccc1-c1ccc2nc(C#Cc3ccc(NS(=O)(=O)C(F)(F)F)cc3)[nH]c2c1.CS(=O)(=O)Nc1ccc(C#Cc2nc3c(S(N)(=O)=O)cc(-c4ccccc4)cc3[nH]2)cc1.CS(=O)(=O)Nc1ccc(C#Cc2nc3ccc(-c4ccccc4NS(=O)(=O)C(F)(F)F)cc3[nH]2)cc1. The lowest BCUT2D eigenvalue weighted by Gasteiger charge is -2.14. The largest absolute Gasteiger partial charge is 0.516 e. The summed E-state index contributed by atoms with van der Waals surface area (Å²) >= 11 is 0. The highest BCUT2D eigenvalue weighted by Crippen LogP contribution is 2.35. The first-order chi connectivity index (χ1) is 47.9. The number of nitrogens with zero attached hydrogens (tertiary/aromatic N) is 3. The second kappa shape index (κ2) is 29.2. The zero-order valence-electron chi connectivity index (χ0n) is 52.8. The molecule has 0 radical (unpaired) electrons. The van der Waals surface area contributed by atoms with Gasteiger partial charge in [0.05, 0.1) is 45.8 Å². The van der Waals surface area contributed by atoms with E-state index in [0.717, 1.165) is 34.7 Å². The van der Waals surface area contributed by atoms with Gasteiger partial charge in [-0.05, 0) is 168 Å². The molecule has 33 heteroatoms. The second-order valence-electron chi connectivity index (χ2n) is 22.0. The number of H-pyrrole nitrogens is 3. The van der Waals surface area contributed by atoms with Gasteiger partial charge < -0.3 is 15.0 Å². The van der Waals surface area contributed by atoms with Crippen molar-refractivity contribution in [3.05, 3.63) is 240 Å². The number of benzene rings is 9. The number of para-hydroxylation sites is 1. The predicted molar refractivity (Wildman–Crippen MR) is 377 cm³/mol. The zero-order valence-corrected chi connectivity index (χ0v) is 56.9. The topological polar surface area (TPSA) is 348 Å². The summed E-state index contributed by atoms with van der Waals surface area (Å²) in [4.78, 5) is 34.1. The third-order valence-electron chi connectivity index (χ3n) is 14.1. The van der Waals surface area contributed by atoms with E-state index in [1.54, 1.807) is 95.7 Å². The number of anilines is 4. The standard InChI is InChI=1S/C24H16F3N3O3S.C23H17F3N4O4S2.C22H18N4O4S2/c1-15(31)19-4-2-3-5-20(19)17-9-12-21-22(14-17)29-23(28-21)13-8-16-6-10-18(11-7-16)30-34(32,33)24(25,26)27;1-35(31,32)29-17-10-6-15(7-11-17)8-13-22-27-20-12-9-16(14-21(20)28-22)18-4-2-3-5-19(18)30-36(33,34)23(24,25)26;1-31(27,28)26-18-10-7-15(8-11-18)9-12-21-24-19-13-17(16-5-3-2-4-6-16)14-20(22(19)25-21)32(23,29)30/h2-7,9-12,14,30H,1H3,(H,28,29);2-7,9-12,14,29-30H,1H3,(H,27,28);2-8,10-11,13-14,26H,1H3,(H,24,25)(H2,23,29,30). The molecule has 0 atom stereocenters. The maximum Gasteiger partial charge on any atom is 0.516 e. The fourth-order valence-electron chi connectivity index (χ4n) is 9.60. The lowest BCUT2D eigenvalue weighted by atomic mass is 9.97. The van der Waals surface area contributed by atoms with Crippen LogP contribution in [-0.4, -0.2) is 101 Å². The molecule has 0 saturated carbocycles. The van der Waals surface area contributed by atoms with E-state index in [9.17, 15) is 73.2 Å². The quantitative estimate of drug-likeness (QED) is 0.0302. The monoisotopic (exact) mass is 1480 g/mol. The van der Waals surface area contributed by atoms with Gasteiger partial charge in [-0.25, -0.2) is 45.3 Å². The number of Topliss-reactive ketones (excluding diaryl/α,β-unsaturated/α-hetero) is 1. The molecule has 12 aromatic rings. The van der Waals surface area contributed by atoms with E-state index < -0.39 is 61.1 Å². The summed E-state index contributed by atoms with van der Waals surface area (Å²) < 4.78 is 199. The van der Waals surface area contributed by atoms with Crippen LogP contribution in [0.4, 0.5) is 49.1 Å². The van der Waals surface area contributed by atoms with E-state index >= 15 is 0 Å². The number of nitrogens with two attached hydrogens (primary N) is 1. The molecule has 9 N–H and O–H groups in total. The molecule has 0 fully saturated rings. The first kappa shape index (κ1) is 73.0. The Bertz CT molecular complexity index is 6040. The van der Waals surface area contributed by atoms with E-state index in [-0.39, 0.29) is 39.0 Å². The molecule has 3 aromatic heterocycles. The van der Waals surface area contributed by atoms with Crippen LogP contribution in [0.15, 0.2) is 205 Å². The Morgan fingerprint density at radius 2 is 0.804 bits per heavy atom. The normalized spacial score (nSPS) is 11.8. The van der Waals surface area contributed by atoms with Crippen molar-refractivity contribution in [1.29, 1.82) is 0 Å². The van der Waals surface area contributed by atoms with E-state index in [4.69, 9.17) is 5.14 Å². The summed E-state index contributed by atoms with van der Waals surface area (Å²) in [5, 5.41) is 5.44. The fourth-order valence-corrected chi connectivity index (χ4v) is 12.6. The zero-order chi connectivity index (χ0) is 73.6. The molecule has 12 rings (SSSR count). The number of rotatable bonds is 13. The van der Waals surface area contributed by atoms with Gasteiger partial charge in [0.15, 0.2) is 23.3 Å². The Labute approximate surface area is 579 Å². The van der Waals surface area contributed by atoms with Crippen molar-refractivity contribution in [2.24, 2.45) is 5.14 Å². The fraction of sp³-hybridized carbons (Fsp3) is 0.0725. The summed E-state index contributed by atoms with van der Waals surface area (Å²) in [5.41, 5.74) is -1.12. The van der Waals surface area contributed by atoms with Crippen molar-refractivity contribution < 1.29 is 73.2 Å². The van der Waals surface area contributed by atoms with E-state index in [1.165, 1.54) is 60.2 Å². The Balaban J connectivity index is 0.000000165. The minimum absolute atomic E-state index is 0.0379. The summed E-state index contributed by atoms with van der Waals surface area (Å²) in [7, 11) is -21.8. The molecule has 0 spiro atoms. The number of carbonyl (C=O) groups is 1. The molecule has 0 unspecified atom stereocenters. The molecule has 0 aliphatic carbocycles. The number of halogens is 6. The Kier molecular flexibility index (Phi) is 20.9. The molecule has 3 heterocycles. The first-order valence-electron chi connectivity index (χ1n) is 29.2. The molecule has 102 heavy (non-hydrogen) atoms. The number of ketones is 1. The number of aromatic nitrogens is 6. The highest BCUT2D eigenvalue weighted by atomic mass is 32.2. The minimum Gasteiger partial charge on any atom is -0.331 e. The van der Waals surface area contributed by atoms with Gasteiger partial charge in [0.1, 0.15) is 10.4 Å². The maximum atomic E-state index is 12.8. The highest BCUT2D eigenvalue weighted by Gasteiger charge is 2.47. The number of primary sulfonamides is 1. The number of fused-ring (bicyclic) bond motifs is 3. The van der Waals surface area contributed by atoms with Crippen LogP contribution >= 0.6 is 0 Å². The molecular formula is C69H51F6N11O11S5. The van der Waals surface area contributed by atoms with Gasteiger partial charge >= 0.3 is 31.1 Å². The number of hydrogen-bond donors (Lipinski definition) is 8. The van der Waals surface area contributed by atoms with Crippen LogP contribution in [0.1, 0.15) is 51.4 Å². The molecular weight excluding hydrogens is 1430 g/mol. The van der Waals surface area contributed by atoms with Crippen LogP contribution in [0.25, 0.3) is 66.5 Å². The molecule has 22 nitrogen and oxygen atoms in total. The molecule has 0 aliphatic heterocycles. The van der Waals surface area contributed by atoms with Gasteiger partial charge in [-0.2, -0.15) is 43.2 Å². The molecule has 0 bridgehead atoms. The second-order valence-corrected chi connectivity index (χ2v) is 30.4. The number of nitrogens with one attached hydrogen (secondary N) is 7. The first-order valence-corrected chi connectivity index (χ1v) is 37.5.